The van der Waals surface area contributed by atoms with Gasteiger partial charge in [0.1, 0.15) is 0 Å². The van der Waals surface area contributed by atoms with Crippen LogP contribution in [0.15, 0.2) is 11.6 Å². The Balaban J connectivity index is 2.63. The third-order valence-corrected chi connectivity index (χ3v) is 2.40. The van der Waals surface area contributed by atoms with Crippen molar-refractivity contribution in [3.8, 4) is 0 Å². The molecule has 0 heterocycles. The number of alkyl halides is 3. The molecule has 0 aromatic carbocycles. The molecule has 5 heteroatoms. The minimum atomic E-state index is -4.25. The van der Waals surface area contributed by atoms with Gasteiger partial charge in [-0.05, 0) is 30.9 Å². The maximum atomic E-state index is 12.1. The quantitative estimate of drug-likeness (QED) is 0.482. The van der Waals surface area contributed by atoms with E-state index in [0.29, 0.717) is 0 Å². The van der Waals surface area contributed by atoms with Crippen LogP contribution in [0, 0.1) is 5.92 Å². The number of hydrogen-bond acceptors (Lipinski definition) is 1. The maximum Gasteiger partial charge on any atom is 0.412 e. The van der Waals surface area contributed by atoms with Gasteiger partial charge in [0.15, 0.2) is 0 Å². The molecule has 0 N–H and O–H groups in total. The van der Waals surface area contributed by atoms with Crippen LogP contribution in [0.5, 0.6) is 0 Å². The van der Waals surface area contributed by atoms with Crippen LogP contribution in [0.3, 0.4) is 0 Å². The molecule has 1 nitrogen and oxygen atoms in total. The van der Waals surface area contributed by atoms with Crippen molar-refractivity contribution in [2.24, 2.45) is 5.92 Å². The molecule has 0 saturated heterocycles. The molecule has 1 aliphatic carbocycles. The van der Waals surface area contributed by atoms with Gasteiger partial charge in [-0.15, -0.1) is 0 Å². The summed E-state index contributed by atoms with van der Waals surface area (Å²) in [6.07, 6.45) is -2.98. The lowest BCUT2D eigenvalue weighted by Crippen LogP contribution is -2.19. The van der Waals surface area contributed by atoms with Crippen molar-refractivity contribution in [2.45, 2.75) is 25.4 Å². The number of halogens is 4. The van der Waals surface area contributed by atoms with Crippen LogP contribution in [0.4, 0.5) is 13.2 Å². The van der Waals surface area contributed by atoms with E-state index in [1.165, 1.54) is 0 Å². The van der Waals surface area contributed by atoms with Crippen LogP contribution in [0.1, 0.15) is 19.3 Å². The summed E-state index contributed by atoms with van der Waals surface area (Å²) < 4.78 is 36.2. The molecule has 13 heavy (non-hydrogen) atoms. The summed E-state index contributed by atoms with van der Waals surface area (Å²) in [6.45, 7) is 0. The smallest absolute Gasteiger partial charge is 0.281 e. The Bertz CT molecular complexity index is 244. The highest BCUT2D eigenvalue weighted by Crippen LogP contribution is 2.35. The molecule has 0 amide bonds. The zero-order chi connectivity index (χ0) is 10.1. The molecule has 0 aromatic heterocycles. The van der Waals surface area contributed by atoms with Crippen molar-refractivity contribution < 1.29 is 18.0 Å². The maximum absolute atomic E-state index is 12.1. The fraction of sp³-hybridized carbons (Fsp3) is 0.625. The van der Waals surface area contributed by atoms with Gasteiger partial charge in [0, 0.05) is 11.5 Å². The molecule has 74 valence electrons. The van der Waals surface area contributed by atoms with Crippen LogP contribution >= 0.6 is 11.6 Å². The van der Waals surface area contributed by atoms with E-state index < -0.39 is 22.9 Å². The lowest BCUT2D eigenvalue weighted by Gasteiger charge is -2.20. The van der Waals surface area contributed by atoms with Crippen LogP contribution in [0.2, 0.25) is 0 Å². The zero-order valence-corrected chi connectivity index (χ0v) is 7.45. The molecular formula is C8H8ClF3O. The van der Waals surface area contributed by atoms with Crippen molar-refractivity contribution in [3.63, 3.8) is 0 Å². The summed E-state index contributed by atoms with van der Waals surface area (Å²) in [7, 11) is 0. The fourth-order valence-corrected chi connectivity index (χ4v) is 1.50. The van der Waals surface area contributed by atoms with E-state index in [0.717, 1.165) is 6.08 Å². The SMILES string of the molecule is O=C(Cl)C1CC=C(C(F)(F)F)CC1. The van der Waals surface area contributed by atoms with Gasteiger partial charge in [-0.2, -0.15) is 13.2 Å². The van der Waals surface area contributed by atoms with E-state index in [2.05, 4.69) is 0 Å². The summed E-state index contributed by atoms with van der Waals surface area (Å²) in [5.74, 6) is -0.437. The Hall–Kier alpha value is -0.510. The average molecular weight is 213 g/mol. The van der Waals surface area contributed by atoms with Gasteiger partial charge >= 0.3 is 6.18 Å². The second kappa shape index (κ2) is 3.70. The first kappa shape index (κ1) is 10.6. The van der Waals surface area contributed by atoms with E-state index in [9.17, 15) is 18.0 Å². The second-order valence-corrected chi connectivity index (χ2v) is 3.38. The van der Waals surface area contributed by atoms with Gasteiger partial charge in [-0.1, -0.05) is 6.08 Å². The number of carbonyl (C=O) groups excluding carboxylic acids is 1. The van der Waals surface area contributed by atoms with Gasteiger partial charge in [0.05, 0.1) is 0 Å². The monoisotopic (exact) mass is 212 g/mol. The molecule has 0 aliphatic heterocycles. The highest BCUT2D eigenvalue weighted by Gasteiger charge is 2.35. The summed E-state index contributed by atoms with van der Waals surface area (Å²) in [5, 5.41) is -0.544. The fourth-order valence-electron chi connectivity index (χ4n) is 1.30. The topological polar surface area (TPSA) is 17.1 Å². The van der Waals surface area contributed by atoms with E-state index >= 15 is 0 Å². The Morgan fingerprint density at radius 2 is 2.15 bits per heavy atom. The largest absolute Gasteiger partial charge is 0.412 e. The molecule has 0 fully saturated rings. The van der Waals surface area contributed by atoms with Crippen LogP contribution in [-0.2, 0) is 4.79 Å². The highest BCUT2D eigenvalue weighted by atomic mass is 35.5. The number of allylic oxidation sites excluding steroid dienone is 2. The molecule has 1 atom stereocenters. The second-order valence-electron chi connectivity index (χ2n) is 3.00. The average Bonchev–Trinajstić information content (AvgIpc) is 2.03. The molecule has 0 saturated carbocycles. The lowest BCUT2D eigenvalue weighted by molar-refractivity contribution is -0.116. The summed E-state index contributed by atoms with van der Waals surface area (Å²) in [5.41, 5.74) is -0.540. The number of rotatable bonds is 1. The first-order chi connectivity index (χ1) is 5.91. The number of hydrogen-bond donors (Lipinski definition) is 0. The Labute approximate surface area is 78.6 Å². The summed E-state index contributed by atoms with van der Waals surface area (Å²) in [6, 6.07) is 0. The first-order valence-corrected chi connectivity index (χ1v) is 4.24. The number of carbonyl (C=O) groups is 1. The van der Waals surface area contributed by atoms with Gasteiger partial charge in [-0.3, -0.25) is 4.79 Å². The molecular weight excluding hydrogens is 205 g/mol. The van der Waals surface area contributed by atoms with Crippen molar-refractivity contribution in [1.29, 1.82) is 0 Å². The Kier molecular flexibility index (Phi) is 3.01. The Morgan fingerprint density at radius 1 is 1.54 bits per heavy atom. The van der Waals surface area contributed by atoms with Crippen molar-refractivity contribution in [2.75, 3.05) is 0 Å². The molecule has 0 aromatic rings. The third kappa shape index (κ3) is 2.72. The van der Waals surface area contributed by atoms with Crippen LogP contribution in [-0.4, -0.2) is 11.4 Å². The van der Waals surface area contributed by atoms with Gasteiger partial charge in [0.25, 0.3) is 0 Å². The minimum absolute atomic E-state index is 0.105. The summed E-state index contributed by atoms with van der Waals surface area (Å²) in [4.78, 5) is 10.6. The molecule has 1 unspecified atom stereocenters. The first-order valence-electron chi connectivity index (χ1n) is 3.87. The van der Waals surface area contributed by atoms with Gasteiger partial charge in [0.2, 0.25) is 5.24 Å². The highest BCUT2D eigenvalue weighted by molar-refractivity contribution is 6.64. The van der Waals surface area contributed by atoms with E-state index in [-0.39, 0.29) is 19.3 Å². The van der Waals surface area contributed by atoms with Crippen LogP contribution < -0.4 is 0 Å². The normalized spacial score (nSPS) is 24.0. The molecule has 0 bridgehead atoms. The predicted octanol–water partition coefficient (Wildman–Crippen LogP) is 3.04. The van der Waals surface area contributed by atoms with Crippen molar-refractivity contribution >= 4 is 16.8 Å². The van der Waals surface area contributed by atoms with Gasteiger partial charge < -0.3 is 0 Å². The lowest BCUT2D eigenvalue weighted by atomic mass is 9.90. The standard InChI is InChI=1S/C8H8ClF3O/c9-7(13)5-1-3-6(4-2-5)8(10,11)12/h3,5H,1-2,4H2. The summed E-state index contributed by atoms with van der Waals surface area (Å²) >= 11 is 5.17. The van der Waals surface area contributed by atoms with Crippen molar-refractivity contribution in [1.82, 2.24) is 0 Å². The Morgan fingerprint density at radius 3 is 2.46 bits per heavy atom. The molecule has 1 aliphatic rings. The zero-order valence-electron chi connectivity index (χ0n) is 6.70. The predicted molar refractivity (Wildman–Crippen MR) is 42.3 cm³/mol. The van der Waals surface area contributed by atoms with E-state index in [1.807, 2.05) is 0 Å². The van der Waals surface area contributed by atoms with E-state index in [1.54, 1.807) is 0 Å². The molecule has 0 spiro atoms. The van der Waals surface area contributed by atoms with Gasteiger partial charge in [-0.25, -0.2) is 0 Å². The molecule has 0 radical (unpaired) electrons. The van der Waals surface area contributed by atoms with Crippen molar-refractivity contribution in [3.05, 3.63) is 11.6 Å². The van der Waals surface area contributed by atoms with Crippen LogP contribution in [0.25, 0.3) is 0 Å². The minimum Gasteiger partial charge on any atom is -0.281 e. The van der Waals surface area contributed by atoms with E-state index in [4.69, 9.17) is 11.6 Å². The molecule has 1 rings (SSSR count). The third-order valence-electron chi connectivity index (χ3n) is 2.10.